The smallest absolute Gasteiger partial charge is 0.275 e. The number of hydrazone groups is 1. The van der Waals surface area contributed by atoms with Gasteiger partial charge < -0.3 is 14.4 Å². The van der Waals surface area contributed by atoms with E-state index in [9.17, 15) is 9.90 Å². The van der Waals surface area contributed by atoms with Crippen LogP contribution in [-0.2, 0) is 0 Å². The van der Waals surface area contributed by atoms with E-state index in [0.717, 1.165) is 26.2 Å². The van der Waals surface area contributed by atoms with Gasteiger partial charge in [-0.1, -0.05) is 12.1 Å². The maximum Gasteiger partial charge on any atom is 0.275 e. The number of methoxy groups -OCH3 is 1. The highest BCUT2D eigenvalue weighted by atomic mass is 127. The van der Waals surface area contributed by atoms with E-state index in [2.05, 4.69) is 49.8 Å². The quantitative estimate of drug-likeness (QED) is 0.321. The number of carbonyl (C=O) groups is 1. The molecule has 0 saturated heterocycles. The van der Waals surface area contributed by atoms with Crippen LogP contribution in [-0.4, -0.2) is 28.9 Å². The van der Waals surface area contributed by atoms with E-state index in [-0.39, 0.29) is 11.3 Å². The van der Waals surface area contributed by atoms with Crippen molar-refractivity contribution in [2.24, 2.45) is 5.10 Å². The van der Waals surface area contributed by atoms with Crippen LogP contribution in [0, 0.1) is 17.4 Å². The van der Waals surface area contributed by atoms with Crippen LogP contribution < -0.4 is 10.2 Å². The van der Waals surface area contributed by atoms with E-state index < -0.39 is 5.91 Å². The van der Waals surface area contributed by atoms with Gasteiger partial charge in [-0.05, 0) is 66.8 Å². The molecule has 0 aliphatic rings. The first-order valence-electron chi connectivity index (χ1n) is 8.56. The van der Waals surface area contributed by atoms with Gasteiger partial charge in [0.2, 0.25) is 0 Å². The van der Waals surface area contributed by atoms with Crippen LogP contribution >= 0.6 is 22.6 Å². The number of phenolic OH excluding ortho intramolecular Hbond substituents is 1. The normalized spacial score (nSPS) is 11.0. The minimum Gasteiger partial charge on any atom is -0.507 e. The molecule has 0 spiro atoms. The topological polar surface area (TPSA) is 75.8 Å². The SMILES string of the molecule is COc1ccc(C(=O)N/N=C\c2cc(C)n(-c3ccccc3I)c2C)c(O)c1. The predicted octanol–water partition coefficient (Wildman–Crippen LogP) is 4.18. The summed E-state index contributed by atoms with van der Waals surface area (Å²) in [7, 11) is 1.49. The maximum atomic E-state index is 12.2. The average molecular weight is 489 g/mol. The first kappa shape index (κ1) is 19.9. The van der Waals surface area contributed by atoms with Crippen LogP contribution in [0.3, 0.4) is 0 Å². The Morgan fingerprint density at radius 3 is 2.64 bits per heavy atom. The molecular weight excluding hydrogens is 469 g/mol. The maximum absolute atomic E-state index is 12.2. The number of aromatic hydroxyl groups is 1. The lowest BCUT2D eigenvalue weighted by Crippen LogP contribution is -2.17. The summed E-state index contributed by atoms with van der Waals surface area (Å²) >= 11 is 2.31. The monoisotopic (exact) mass is 489 g/mol. The number of amides is 1. The van der Waals surface area contributed by atoms with Crippen LogP contribution in [0.25, 0.3) is 5.69 Å². The molecule has 0 unspecified atom stereocenters. The highest BCUT2D eigenvalue weighted by molar-refractivity contribution is 14.1. The van der Waals surface area contributed by atoms with Crippen LogP contribution in [0.5, 0.6) is 11.5 Å². The highest BCUT2D eigenvalue weighted by Gasteiger charge is 2.13. The molecule has 0 atom stereocenters. The number of aromatic nitrogens is 1. The van der Waals surface area contributed by atoms with Crippen LogP contribution in [0.4, 0.5) is 0 Å². The third-order valence-corrected chi connectivity index (χ3v) is 5.30. The summed E-state index contributed by atoms with van der Waals surface area (Å²) in [5, 5.41) is 14.0. The molecule has 3 rings (SSSR count). The minimum atomic E-state index is -0.497. The van der Waals surface area contributed by atoms with Gasteiger partial charge in [0.25, 0.3) is 5.91 Å². The summed E-state index contributed by atoms with van der Waals surface area (Å²) in [4.78, 5) is 12.2. The van der Waals surface area contributed by atoms with Gasteiger partial charge in [0, 0.05) is 26.6 Å². The lowest BCUT2D eigenvalue weighted by molar-refractivity contribution is 0.0952. The van der Waals surface area contributed by atoms with Crippen molar-refractivity contribution in [1.29, 1.82) is 0 Å². The van der Waals surface area contributed by atoms with E-state index in [0.29, 0.717) is 5.75 Å². The van der Waals surface area contributed by atoms with Crippen molar-refractivity contribution in [3.63, 3.8) is 0 Å². The highest BCUT2D eigenvalue weighted by Crippen LogP contribution is 2.24. The van der Waals surface area contributed by atoms with Crippen molar-refractivity contribution in [2.75, 3.05) is 7.11 Å². The van der Waals surface area contributed by atoms with Crippen LogP contribution in [0.15, 0.2) is 53.6 Å². The van der Waals surface area contributed by atoms with E-state index >= 15 is 0 Å². The fourth-order valence-electron chi connectivity index (χ4n) is 2.97. The number of halogens is 1. The van der Waals surface area contributed by atoms with Crippen molar-refractivity contribution >= 4 is 34.7 Å². The molecule has 3 aromatic rings. The van der Waals surface area contributed by atoms with Gasteiger partial charge in [-0.15, -0.1) is 0 Å². The molecule has 1 amide bonds. The van der Waals surface area contributed by atoms with Crippen molar-refractivity contribution < 1.29 is 14.6 Å². The van der Waals surface area contributed by atoms with E-state index in [1.54, 1.807) is 12.3 Å². The number of nitrogens with zero attached hydrogens (tertiary/aromatic N) is 2. The molecule has 0 radical (unpaired) electrons. The molecule has 6 nitrogen and oxygen atoms in total. The van der Waals surface area contributed by atoms with Gasteiger partial charge in [-0.3, -0.25) is 4.79 Å². The predicted molar refractivity (Wildman–Crippen MR) is 118 cm³/mol. The number of para-hydroxylation sites is 1. The third-order valence-electron chi connectivity index (χ3n) is 4.38. The van der Waals surface area contributed by atoms with Gasteiger partial charge >= 0.3 is 0 Å². The number of ether oxygens (including phenoxy) is 1. The molecule has 7 heteroatoms. The fourth-order valence-corrected chi connectivity index (χ4v) is 3.60. The van der Waals surface area contributed by atoms with Crippen molar-refractivity contribution in [3.8, 4) is 17.2 Å². The first-order valence-corrected chi connectivity index (χ1v) is 9.64. The number of rotatable bonds is 5. The molecule has 144 valence electrons. The Kier molecular flexibility index (Phi) is 6.03. The number of phenols is 1. The average Bonchev–Trinajstić information content (AvgIpc) is 2.95. The Labute approximate surface area is 177 Å². The van der Waals surface area contributed by atoms with Gasteiger partial charge in [-0.2, -0.15) is 5.10 Å². The molecule has 0 aliphatic carbocycles. The third kappa shape index (κ3) is 4.04. The number of hydrogen-bond donors (Lipinski definition) is 2. The Balaban J connectivity index is 1.79. The summed E-state index contributed by atoms with van der Waals surface area (Å²) in [6, 6.07) is 14.6. The standard InChI is InChI=1S/C21H20IN3O3/c1-13-10-15(14(2)25(13)19-7-5-4-6-18(19)22)12-23-24-21(27)17-9-8-16(28-3)11-20(17)26/h4-12,26H,1-3H3,(H,24,27)/b23-12-. The Morgan fingerprint density at radius 1 is 1.21 bits per heavy atom. The molecule has 1 aromatic heterocycles. The second-order valence-corrected chi connectivity index (χ2v) is 7.36. The molecular formula is C21H20IN3O3. The Hall–Kier alpha value is -2.81. The zero-order valence-electron chi connectivity index (χ0n) is 15.7. The summed E-state index contributed by atoms with van der Waals surface area (Å²) < 4.78 is 8.32. The minimum absolute atomic E-state index is 0.127. The Bertz CT molecular complexity index is 1060. The number of nitrogens with one attached hydrogen (secondary N) is 1. The number of benzene rings is 2. The zero-order valence-corrected chi connectivity index (χ0v) is 17.9. The largest absolute Gasteiger partial charge is 0.507 e. The molecule has 1 heterocycles. The Morgan fingerprint density at radius 2 is 1.96 bits per heavy atom. The van der Waals surface area contributed by atoms with Crippen molar-refractivity contribution in [2.45, 2.75) is 13.8 Å². The lowest BCUT2D eigenvalue weighted by Gasteiger charge is -2.11. The van der Waals surface area contributed by atoms with Crippen molar-refractivity contribution in [1.82, 2.24) is 9.99 Å². The molecule has 0 bridgehead atoms. The molecule has 2 N–H and O–H groups in total. The van der Waals surface area contributed by atoms with Gasteiger partial charge in [0.05, 0.1) is 24.6 Å². The number of aryl methyl sites for hydroxylation is 1. The molecule has 0 fully saturated rings. The summed E-state index contributed by atoms with van der Waals surface area (Å²) in [5.41, 5.74) is 6.67. The summed E-state index contributed by atoms with van der Waals surface area (Å²) in [6.45, 7) is 4.04. The van der Waals surface area contributed by atoms with Gasteiger partial charge in [0.15, 0.2) is 0 Å². The number of carbonyl (C=O) groups excluding carboxylic acids is 1. The van der Waals surface area contributed by atoms with E-state index in [1.165, 1.54) is 19.2 Å². The van der Waals surface area contributed by atoms with Crippen molar-refractivity contribution in [3.05, 3.63) is 74.6 Å². The zero-order chi connectivity index (χ0) is 20.3. The number of hydrogen-bond acceptors (Lipinski definition) is 4. The molecule has 2 aromatic carbocycles. The second-order valence-electron chi connectivity index (χ2n) is 6.20. The summed E-state index contributed by atoms with van der Waals surface area (Å²) in [5.74, 6) is -0.188. The van der Waals surface area contributed by atoms with E-state index in [1.807, 2.05) is 32.0 Å². The molecule has 0 saturated carbocycles. The molecule has 28 heavy (non-hydrogen) atoms. The second kappa shape index (κ2) is 8.47. The van der Waals surface area contributed by atoms with Crippen LogP contribution in [0.1, 0.15) is 27.3 Å². The molecule has 0 aliphatic heterocycles. The fraction of sp³-hybridized carbons (Fsp3) is 0.143. The van der Waals surface area contributed by atoms with Gasteiger partial charge in [-0.25, -0.2) is 5.43 Å². The van der Waals surface area contributed by atoms with E-state index in [4.69, 9.17) is 4.74 Å². The summed E-state index contributed by atoms with van der Waals surface area (Å²) in [6.07, 6.45) is 1.60. The first-order chi connectivity index (χ1) is 13.4. The van der Waals surface area contributed by atoms with Crippen LogP contribution in [0.2, 0.25) is 0 Å². The lowest BCUT2D eigenvalue weighted by atomic mass is 10.2. The van der Waals surface area contributed by atoms with Gasteiger partial charge in [0.1, 0.15) is 11.5 Å².